The van der Waals surface area contributed by atoms with Crippen molar-refractivity contribution >= 4 is 0 Å². The summed E-state index contributed by atoms with van der Waals surface area (Å²) in [7, 11) is 0. The van der Waals surface area contributed by atoms with Gasteiger partial charge >= 0.3 is 0 Å². The zero-order chi connectivity index (χ0) is 14.8. The zero-order valence-electron chi connectivity index (χ0n) is 13.6. The summed E-state index contributed by atoms with van der Waals surface area (Å²) in [5.41, 5.74) is 0.261. The van der Waals surface area contributed by atoms with Gasteiger partial charge in [-0.3, -0.25) is 0 Å². The monoisotopic (exact) mass is 298 g/mol. The molecule has 0 aromatic rings. The summed E-state index contributed by atoms with van der Waals surface area (Å²) in [6.45, 7) is 15.1. The van der Waals surface area contributed by atoms with Crippen LogP contribution in [0.3, 0.4) is 0 Å². The van der Waals surface area contributed by atoms with E-state index in [1.165, 1.54) is 0 Å². The Labute approximate surface area is 129 Å². The summed E-state index contributed by atoms with van der Waals surface area (Å²) in [4.78, 5) is 0. The molecule has 3 aliphatic heterocycles. The SMILES string of the molecule is CC12CNCCNCC(CNCCNC1)CNCCNC2. The number of fused-ring (bicyclic) bond motifs is 15. The van der Waals surface area contributed by atoms with Gasteiger partial charge in [-0.05, 0) is 5.92 Å². The number of hydrogen-bond donors (Lipinski definition) is 6. The zero-order valence-corrected chi connectivity index (χ0v) is 13.6. The van der Waals surface area contributed by atoms with Gasteiger partial charge in [0.2, 0.25) is 0 Å². The molecule has 6 N–H and O–H groups in total. The van der Waals surface area contributed by atoms with E-state index in [2.05, 4.69) is 38.8 Å². The molecule has 21 heavy (non-hydrogen) atoms. The van der Waals surface area contributed by atoms with Gasteiger partial charge < -0.3 is 31.9 Å². The smallest absolute Gasteiger partial charge is 0.00769 e. The van der Waals surface area contributed by atoms with E-state index in [1.807, 2.05) is 0 Å². The summed E-state index contributed by atoms with van der Waals surface area (Å²) in [6, 6.07) is 0. The molecular formula is C15H34N6. The van der Waals surface area contributed by atoms with Crippen molar-refractivity contribution < 1.29 is 0 Å². The maximum absolute atomic E-state index is 3.62. The van der Waals surface area contributed by atoms with Crippen molar-refractivity contribution in [3.63, 3.8) is 0 Å². The minimum atomic E-state index is 0.261. The second-order valence-corrected chi connectivity index (χ2v) is 6.82. The molecule has 6 heteroatoms. The number of rotatable bonds is 0. The fourth-order valence-electron chi connectivity index (χ4n) is 3.02. The van der Waals surface area contributed by atoms with Gasteiger partial charge in [-0.2, -0.15) is 0 Å². The highest BCUT2D eigenvalue weighted by Gasteiger charge is 2.23. The van der Waals surface area contributed by atoms with Crippen LogP contribution in [0, 0.1) is 11.3 Å². The third-order valence-electron chi connectivity index (χ3n) is 4.39. The molecule has 0 aliphatic carbocycles. The fraction of sp³-hybridized carbons (Fsp3) is 1.00. The molecule has 2 bridgehead atoms. The lowest BCUT2D eigenvalue weighted by atomic mass is 9.90. The van der Waals surface area contributed by atoms with Gasteiger partial charge in [-0.15, -0.1) is 0 Å². The third kappa shape index (κ3) is 7.04. The third-order valence-corrected chi connectivity index (χ3v) is 4.39. The van der Waals surface area contributed by atoms with E-state index in [0.29, 0.717) is 5.92 Å². The molecule has 3 fully saturated rings. The highest BCUT2D eigenvalue weighted by molar-refractivity contribution is 4.83. The van der Waals surface area contributed by atoms with Crippen LogP contribution in [-0.4, -0.2) is 78.5 Å². The van der Waals surface area contributed by atoms with Crippen LogP contribution >= 0.6 is 0 Å². The van der Waals surface area contributed by atoms with E-state index in [9.17, 15) is 0 Å². The van der Waals surface area contributed by atoms with Crippen LogP contribution in [0.4, 0.5) is 0 Å². The average Bonchev–Trinajstić information content (AvgIpc) is 2.48. The van der Waals surface area contributed by atoms with Gasteiger partial charge in [0.1, 0.15) is 0 Å². The standard InChI is InChI=1S/C15H34N6/c1-15-11-19-5-2-16-8-14(9-17-3-6-20-12-15)10-18-4-7-21-13-15/h14,16-21H,2-13H2,1H3. The van der Waals surface area contributed by atoms with Crippen molar-refractivity contribution in [2.45, 2.75) is 6.92 Å². The molecule has 6 nitrogen and oxygen atoms in total. The van der Waals surface area contributed by atoms with Gasteiger partial charge in [0.15, 0.2) is 0 Å². The number of hydrogen-bond acceptors (Lipinski definition) is 6. The normalized spacial score (nSPS) is 35.0. The maximum atomic E-state index is 3.62. The van der Waals surface area contributed by atoms with E-state index in [1.54, 1.807) is 0 Å². The summed E-state index contributed by atoms with van der Waals surface area (Å²) in [5.74, 6) is 0.654. The Balaban J connectivity index is 1.96. The minimum Gasteiger partial charge on any atom is -0.315 e. The molecule has 0 unspecified atom stereocenters. The predicted molar refractivity (Wildman–Crippen MR) is 88.8 cm³/mol. The van der Waals surface area contributed by atoms with Crippen LogP contribution in [0.25, 0.3) is 0 Å². The van der Waals surface area contributed by atoms with Crippen molar-refractivity contribution in [1.29, 1.82) is 0 Å². The van der Waals surface area contributed by atoms with Crippen molar-refractivity contribution in [2.75, 3.05) is 78.5 Å². The lowest BCUT2D eigenvalue weighted by molar-refractivity contribution is 0.269. The topological polar surface area (TPSA) is 72.2 Å². The van der Waals surface area contributed by atoms with Gasteiger partial charge in [0.05, 0.1) is 0 Å². The van der Waals surface area contributed by atoms with Crippen LogP contribution in [-0.2, 0) is 0 Å². The molecule has 3 heterocycles. The largest absolute Gasteiger partial charge is 0.315 e. The highest BCUT2D eigenvalue weighted by Crippen LogP contribution is 2.12. The molecular weight excluding hydrogens is 264 g/mol. The Morgan fingerprint density at radius 3 is 1.29 bits per heavy atom. The van der Waals surface area contributed by atoms with Gasteiger partial charge in [0.25, 0.3) is 0 Å². The molecule has 3 aliphatic rings. The minimum absolute atomic E-state index is 0.261. The fourth-order valence-corrected chi connectivity index (χ4v) is 3.02. The first-order valence-electron chi connectivity index (χ1n) is 8.53. The van der Waals surface area contributed by atoms with E-state index in [4.69, 9.17) is 0 Å². The Kier molecular flexibility index (Phi) is 7.92. The summed E-state index contributed by atoms with van der Waals surface area (Å²) < 4.78 is 0. The Hall–Kier alpha value is -0.240. The lowest BCUT2D eigenvalue weighted by Crippen LogP contribution is -2.51. The summed E-state index contributed by atoms with van der Waals surface area (Å²) in [5, 5.41) is 21.6. The van der Waals surface area contributed by atoms with Crippen LogP contribution in [0.15, 0.2) is 0 Å². The van der Waals surface area contributed by atoms with Gasteiger partial charge in [-0.1, -0.05) is 6.92 Å². The molecule has 0 aromatic heterocycles. The molecule has 0 spiro atoms. The quantitative estimate of drug-likeness (QED) is 0.316. The second-order valence-electron chi connectivity index (χ2n) is 6.82. The van der Waals surface area contributed by atoms with E-state index in [-0.39, 0.29) is 5.41 Å². The predicted octanol–water partition coefficient (Wildman–Crippen LogP) is -1.83. The molecule has 0 atom stereocenters. The van der Waals surface area contributed by atoms with Gasteiger partial charge in [0, 0.05) is 84.0 Å². The first-order chi connectivity index (χ1) is 10.3. The highest BCUT2D eigenvalue weighted by atomic mass is 15.0. The first kappa shape index (κ1) is 17.1. The second kappa shape index (κ2) is 9.71. The number of nitrogens with one attached hydrogen (secondary N) is 6. The summed E-state index contributed by atoms with van der Waals surface area (Å²) >= 11 is 0. The van der Waals surface area contributed by atoms with Crippen LogP contribution in [0.2, 0.25) is 0 Å². The van der Waals surface area contributed by atoms with Gasteiger partial charge in [-0.25, -0.2) is 0 Å². The van der Waals surface area contributed by atoms with Crippen LogP contribution < -0.4 is 31.9 Å². The van der Waals surface area contributed by atoms with Crippen LogP contribution in [0.1, 0.15) is 6.92 Å². The van der Waals surface area contributed by atoms with Crippen molar-refractivity contribution in [2.24, 2.45) is 11.3 Å². The van der Waals surface area contributed by atoms with E-state index < -0.39 is 0 Å². The van der Waals surface area contributed by atoms with Crippen molar-refractivity contribution in [3.05, 3.63) is 0 Å². The lowest BCUT2D eigenvalue weighted by Gasteiger charge is -2.32. The van der Waals surface area contributed by atoms with Crippen molar-refractivity contribution in [3.8, 4) is 0 Å². The molecule has 3 saturated heterocycles. The first-order valence-corrected chi connectivity index (χ1v) is 8.53. The van der Waals surface area contributed by atoms with E-state index >= 15 is 0 Å². The molecule has 0 radical (unpaired) electrons. The molecule has 0 saturated carbocycles. The Bertz CT molecular complexity index is 232. The van der Waals surface area contributed by atoms with E-state index in [0.717, 1.165) is 78.5 Å². The van der Waals surface area contributed by atoms with Crippen LogP contribution in [0.5, 0.6) is 0 Å². The maximum Gasteiger partial charge on any atom is 0.00769 e. The van der Waals surface area contributed by atoms with Crippen molar-refractivity contribution in [1.82, 2.24) is 31.9 Å². The molecule has 3 rings (SSSR count). The Morgan fingerprint density at radius 1 is 0.571 bits per heavy atom. The molecule has 0 aromatic carbocycles. The Morgan fingerprint density at radius 2 is 0.905 bits per heavy atom. The molecule has 124 valence electrons. The summed E-state index contributed by atoms with van der Waals surface area (Å²) in [6.07, 6.45) is 0. The average molecular weight is 298 g/mol. The molecule has 0 amide bonds.